The third-order valence-electron chi connectivity index (χ3n) is 7.98. The maximum atomic E-state index is 4.50. The number of hydrogen-bond acceptors (Lipinski definition) is 12. The number of anilines is 10. The lowest BCUT2D eigenvalue weighted by Crippen LogP contribution is -2.09. The maximum Gasteiger partial charge on any atom is 0.233 e. The van der Waals surface area contributed by atoms with Crippen LogP contribution < -0.4 is 31.9 Å². The predicted octanol–water partition coefficient (Wildman–Crippen LogP) is 11.9. The van der Waals surface area contributed by atoms with E-state index in [0.29, 0.717) is 48.8 Å². The number of para-hydroxylation sites is 4. The monoisotopic (exact) mass is 810 g/mol. The van der Waals surface area contributed by atoms with E-state index in [1.165, 1.54) is 6.42 Å². The topological polar surface area (TPSA) is 150 Å². The number of nitrogens with one attached hydrogen (secondary N) is 6. The van der Waals surface area contributed by atoms with Crippen molar-refractivity contribution in [2.24, 2.45) is 0 Å². The zero-order valence-electron chi connectivity index (χ0n) is 33.7. The van der Waals surface area contributed by atoms with Gasteiger partial charge in [0.2, 0.25) is 35.7 Å². The minimum atomic E-state index is 0. The highest BCUT2D eigenvalue weighted by atomic mass is 15.3. The van der Waals surface area contributed by atoms with E-state index < -0.39 is 0 Å². The Hall–Kier alpha value is -7.80. The van der Waals surface area contributed by atoms with Crippen molar-refractivity contribution in [3.63, 3.8) is 0 Å². The second kappa shape index (κ2) is 25.5. The molecule has 309 valence electrons. The van der Waals surface area contributed by atoms with Crippen molar-refractivity contribution >= 4 is 66.9 Å². The largest absolute Gasteiger partial charge is 0.350 e. The molecule has 2 aromatic heterocycles. The van der Waals surface area contributed by atoms with E-state index >= 15 is 0 Å². The Balaban J connectivity index is 0.000000297. The first-order chi connectivity index (χ1) is 29.1. The molecule has 8 rings (SSSR count). The van der Waals surface area contributed by atoms with Crippen LogP contribution in [0.1, 0.15) is 40.2 Å². The molecule has 6 N–H and O–H groups in total. The zero-order chi connectivity index (χ0) is 40.7. The molecule has 0 spiro atoms. The van der Waals surface area contributed by atoms with Gasteiger partial charge in [-0.2, -0.15) is 29.9 Å². The van der Waals surface area contributed by atoms with Gasteiger partial charge in [-0.15, -0.1) is 0 Å². The summed E-state index contributed by atoms with van der Waals surface area (Å²) >= 11 is 0. The molecular formula is C48H54BN12. The lowest BCUT2D eigenvalue weighted by Gasteiger charge is -2.11. The number of hydrogen-bond donors (Lipinski definition) is 6. The van der Waals surface area contributed by atoms with E-state index in [-0.39, 0.29) is 17.3 Å². The molecule has 2 heterocycles. The fourth-order valence-corrected chi connectivity index (χ4v) is 5.29. The number of aromatic nitrogens is 6. The molecule has 61 heavy (non-hydrogen) atoms. The van der Waals surface area contributed by atoms with Crippen molar-refractivity contribution in [2.45, 2.75) is 40.8 Å². The summed E-state index contributed by atoms with van der Waals surface area (Å²) in [5.74, 6) is 2.86. The van der Waals surface area contributed by atoms with Gasteiger partial charge in [0.1, 0.15) is 0 Å². The molecule has 0 aliphatic heterocycles. The van der Waals surface area contributed by atoms with E-state index in [1.807, 2.05) is 158 Å². The third kappa shape index (κ3) is 16.2. The second-order valence-electron chi connectivity index (χ2n) is 13.0. The molecule has 0 saturated heterocycles. The van der Waals surface area contributed by atoms with Crippen LogP contribution in [0, 0.1) is 0 Å². The van der Waals surface area contributed by atoms with Crippen molar-refractivity contribution in [2.75, 3.05) is 31.9 Å². The molecule has 0 bridgehead atoms. The number of rotatable bonds is 14. The molecule has 6 aromatic carbocycles. The van der Waals surface area contributed by atoms with Crippen molar-refractivity contribution in [3.05, 3.63) is 193 Å². The van der Waals surface area contributed by atoms with E-state index in [0.717, 1.165) is 33.9 Å². The first-order valence-electron chi connectivity index (χ1n) is 19.5. The standard InChI is InChI=1S/2C22H20N6.C3H8.CH4.B.H2/c2*1-4-10-17(11-5-1)16-23-20-26-21(24-18-12-6-2-7-13-18)28-22(27-20)25-19-14-8-3-9-15-19;1-3-2;;;/h2*1-15H,16H2,(H3,23,24,25,26,27,28);3H2,1-2H3;1H4;;1H/i;;;;;1+1. The molecule has 0 aliphatic rings. The highest BCUT2D eigenvalue weighted by Crippen LogP contribution is 2.21. The van der Waals surface area contributed by atoms with Crippen LogP contribution in [0.3, 0.4) is 0 Å². The SMILES string of the molecule is C.CCC.[2HH].[B].c1ccc(CNc2nc(Nc3ccccc3)nc(Nc3ccccc3)n2)cc1.c1ccc(CNc2nc(Nc3ccccc3)nc(Nc3ccccc3)n2)cc1. The molecule has 0 atom stereocenters. The first kappa shape index (κ1) is 45.9. The fraction of sp³-hybridized carbons (Fsp3) is 0.125. The van der Waals surface area contributed by atoms with Gasteiger partial charge in [-0.25, -0.2) is 0 Å². The van der Waals surface area contributed by atoms with Gasteiger partial charge >= 0.3 is 0 Å². The molecule has 0 fully saturated rings. The molecular weight excluding hydrogens is 755 g/mol. The molecule has 12 nitrogen and oxygen atoms in total. The Bertz CT molecular complexity index is 2100. The van der Waals surface area contributed by atoms with Gasteiger partial charge in [0.05, 0.1) is 0 Å². The van der Waals surface area contributed by atoms with Crippen LogP contribution in [0.4, 0.5) is 58.4 Å². The summed E-state index contributed by atoms with van der Waals surface area (Å²) in [6, 6.07) is 59.5. The van der Waals surface area contributed by atoms with E-state index in [2.05, 4.69) is 99.9 Å². The predicted molar refractivity (Wildman–Crippen MR) is 257 cm³/mol. The van der Waals surface area contributed by atoms with Crippen LogP contribution in [0.5, 0.6) is 0 Å². The molecule has 0 amide bonds. The summed E-state index contributed by atoms with van der Waals surface area (Å²) in [7, 11) is 0. The van der Waals surface area contributed by atoms with Gasteiger partial charge in [0.25, 0.3) is 0 Å². The average molecular weight is 811 g/mol. The Morgan fingerprint density at radius 2 is 0.525 bits per heavy atom. The first-order valence-corrected chi connectivity index (χ1v) is 19.5. The fourth-order valence-electron chi connectivity index (χ4n) is 5.29. The Morgan fingerprint density at radius 1 is 0.328 bits per heavy atom. The highest BCUT2D eigenvalue weighted by molar-refractivity contribution is 5.75. The normalized spacial score (nSPS) is 9.74. The van der Waals surface area contributed by atoms with Gasteiger partial charge in [0, 0.05) is 45.7 Å². The Kier molecular flexibility index (Phi) is 19.2. The van der Waals surface area contributed by atoms with Crippen LogP contribution in [0.25, 0.3) is 0 Å². The Morgan fingerprint density at radius 3 is 0.754 bits per heavy atom. The van der Waals surface area contributed by atoms with Gasteiger partial charge in [0.15, 0.2) is 0 Å². The zero-order valence-corrected chi connectivity index (χ0v) is 33.7. The van der Waals surface area contributed by atoms with Crippen LogP contribution >= 0.6 is 0 Å². The minimum absolute atomic E-state index is 0. The molecule has 0 unspecified atom stereocenters. The summed E-state index contributed by atoms with van der Waals surface area (Å²) in [5, 5.41) is 19.4. The summed E-state index contributed by atoms with van der Waals surface area (Å²) < 4.78 is 0. The quantitative estimate of drug-likeness (QED) is 0.0580. The summed E-state index contributed by atoms with van der Waals surface area (Å²) in [5.41, 5.74) is 5.94. The second-order valence-corrected chi connectivity index (χ2v) is 13.0. The number of nitrogens with zero attached hydrogens (tertiary/aromatic N) is 6. The lowest BCUT2D eigenvalue weighted by atomic mass is 10.2. The maximum absolute atomic E-state index is 4.50. The van der Waals surface area contributed by atoms with Gasteiger partial charge in [-0.3, -0.25) is 0 Å². The molecule has 0 saturated carbocycles. The van der Waals surface area contributed by atoms with Crippen molar-refractivity contribution in [1.82, 2.24) is 29.9 Å². The summed E-state index contributed by atoms with van der Waals surface area (Å²) in [6.45, 7) is 5.50. The van der Waals surface area contributed by atoms with E-state index in [1.54, 1.807) is 0 Å². The lowest BCUT2D eigenvalue weighted by molar-refractivity contribution is 1.01. The molecule has 3 radical (unpaired) electrons. The van der Waals surface area contributed by atoms with Gasteiger partial charge in [-0.1, -0.05) is 161 Å². The smallest absolute Gasteiger partial charge is 0.233 e. The summed E-state index contributed by atoms with van der Waals surface area (Å²) in [4.78, 5) is 27.0. The third-order valence-corrected chi connectivity index (χ3v) is 7.98. The van der Waals surface area contributed by atoms with Gasteiger partial charge in [-0.05, 0) is 59.7 Å². The van der Waals surface area contributed by atoms with Crippen molar-refractivity contribution in [1.29, 1.82) is 0 Å². The van der Waals surface area contributed by atoms with Crippen LogP contribution in [0.2, 0.25) is 0 Å². The van der Waals surface area contributed by atoms with Crippen molar-refractivity contribution < 1.29 is 1.43 Å². The van der Waals surface area contributed by atoms with Gasteiger partial charge < -0.3 is 31.9 Å². The average Bonchev–Trinajstić information content (AvgIpc) is 3.28. The Labute approximate surface area is 362 Å². The van der Waals surface area contributed by atoms with E-state index in [9.17, 15) is 0 Å². The number of benzene rings is 6. The molecule has 8 aromatic rings. The van der Waals surface area contributed by atoms with E-state index in [4.69, 9.17) is 0 Å². The highest BCUT2D eigenvalue weighted by Gasteiger charge is 2.10. The van der Waals surface area contributed by atoms with Crippen LogP contribution in [0.15, 0.2) is 182 Å². The van der Waals surface area contributed by atoms with Crippen LogP contribution in [-0.2, 0) is 13.1 Å². The van der Waals surface area contributed by atoms with Crippen molar-refractivity contribution in [3.8, 4) is 0 Å². The van der Waals surface area contributed by atoms with Crippen LogP contribution in [-0.4, -0.2) is 38.3 Å². The molecule has 0 aliphatic carbocycles. The molecule has 13 heteroatoms. The summed E-state index contributed by atoms with van der Waals surface area (Å²) in [6.07, 6.45) is 1.25. The minimum Gasteiger partial charge on any atom is -0.350 e.